The fraction of sp³-hybridized carbons (Fsp3) is 0.263. The van der Waals surface area contributed by atoms with Gasteiger partial charge in [-0.05, 0) is 47.7 Å². The summed E-state index contributed by atoms with van der Waals surface area (Å²) < 4.78 is 16.8. The van der Waals surface area contributed by atoms with Gasteiger partial charge in [-0.15, -0.1) is 0 Å². The van der Waals surface area contributed by atoms with Gasteiger partial charge in [-0.25, -0.2) is 9.37 Å². The monoisotopic (exact) mass is 529 g/mol. The Bertz CT molecular complexity index is 1110. The number of halogens is 3. The molecule has 4 N–H and O–H groups in total. The SMILES string of the molecule is CC(N)C1(O)CN(C(=O)c2cn3ccnc3c(Cl)c2Nc2ccc(I)cc2F)C1. The normalized spacial score (nSPS) is 16.6. The summed E-state index contributed by atoms with van der Waals surface area (Å²) in [5.41, 5.74) is 5.81. The fourth-order valence-electron chi connectivity index (χ4n) is 3.25. The van der Waals surface area contributed by atoms with Gasteiger partial charge in [0, 0.05) is 28.2 Å². The number of anilines is 2. The van der Waals surface area contributed by atoms with E-state index in [4.69, 9.17) is 17.3 Å². The predicted molar refractivity (Wildman–Crippen MR) is 117 cm³/mol. The number of rotatable bonds is 4. The molecule has 7 nitrogen and oxygen atoms in total. The van der Waals surface area contributed by atoms with E-state index in [2.05, 4.69) is 10.3 Å². The number of carbonyl (C=O) groups excluding carboxylic acids is 1. The summed E-state index contributed by atoms with van der Waals surface area (Å²) in [6, 6.07) is 4.23. The molecule has 1 amide bonds. The Hall–Kier alpha value is -1.95. The number of hydrogen-bond donors (Lipinski definition) is 3. The van der Waals surface area contributed by atoms with Crippen LogP contribution in [0, 0.1) is 9.39 Å². The first-order chi connectivity index (χ1) is 13.7. The molecule has 1 aliphatic heterocycles. The molecule has 0 aliphatic carbocycles. The van der Waals surface area contributed by atoms with E-state index in [-0.39, 0.29) is 41.0 Å². The number of carbonyl (C=O) groups is 1. The molecule has 2 aromatic heterocycles. The van der Waals surface area contributed by atoms with E-state index >= 15 is 0 Å². The zero-order valence-corrected chi connectivity index (χ0v) is 18.3. The molecule has 1 fully saturated rings. The van der Waals surface area contributed by atoms with Crippen molar-refractivity contribution in [2.75, 3.05) is 18.4 Å². The number of imidazole rings is 1. The number of benzene rings is 1. The summed E-state index contributed by atoms with van der Waals surface area (Å²) in [7, 11) is 0. The van der Waals surface area contributed by atoms with E-state index in [1.807, 2.05) is 22.6 Å². The highest BCUT2D eigenvalue weighted by Gasteiger charge is 2.47. The van der Waals surface area contributed by atoms with E-state index in [1.54, 1.807) is 42.0 Å². The van der Waals surface area contributed by atoms with Crippen LogP contribution in [0.4, 0.5) is 15.8 Å². The third-order valence-corrected chi connectivity index (χ3v) is 6.14. The molecular formula is C19H18ClFIN5O2. The van der Waals surface area contributed by atoms with Gasteiger partial charge in [0.1, 0.15) is 16.4 Å². The van der Waals surface area contributed by atoms with Gasteiger partial charge in [-0.1, -0.05) is 11.6 Å². The molecule has 1 aromatic carbocycles. The summed E-state index contributed by atoms with van der Waals surface area (Å²) in [6.45, 7) is 1.92. The first kappa shape index (κ1) is 20.3. The summed E-state index contributed by atoms with van der Waals surface area (Å²) >= 11 is 8.54. The number of β-amino-alcohol motifs (C(OH)–C–C–N with tert-alkyl or cyclic N) is 1. The minimum absolute atomic E-state index is 0.112. The van der Waals surface area contributed by atoms with Gasteiger partial charge < -0.3 is 25.5 Å². The lowest BCUT2D eigenvalue weighted by Crippen LogP contribution is -2.70. The average molecular weight is 530 g/mol. The number of nitrogens with zero attached hydrogens (tertiary/aromatic N) is 3. The quantitative estimate of drug-likeness (QED) is 0.452. The first-order valence-electron chi connectivity index (χ1n) is 8.84. The van der Waals surface area contributed by atoms with Crippen molar-refractivity contribution in [3.8, 4) is 0 Å². The second kappa shape index (κ2) is 7.38. The van der Waals surface area contributed by atoms with Crippen molar-refractivity contribution in [3.63, 3.8) is 0 Å². The number of nitrogens with one attached hydrogen (secondary N) is 1. The van der Waals surface area contributed by atoms with Crippen molar-refractivity contribution in [1.29, 1.82) is 0 Å². The van der Waals surface area contributed by atoms with Gasteiger partial charge in [0.15, 0.2) is 5.65 Å². The second-order valence-electron chi connectivity index (χ2n) is 7.19. The summed E-state index contributed by atoms with van der Waals surface area (Å²) in [6.07, 6.45) is 4.82. The molecule has 29 heavy (non-hydrogen) atoms. The molecule has 1 aliphatic rings. The van der Waals surface area contributed by atoms with Crippen molar-refractivity contribution in [1.82, 2.24) is 14.3 Å². The van der Waals surface area contributed by atoms with E-state index in [9.17, 15) is 14.3 Å². The smallest absolute Gasteiger partial charge is 0.257 e. The van der Waals surface area contributed by atoms with E-state index < -0.39 is 17.5 Å². The Labute approximate surface area is 184 Å². The zero-order chi connectivity index (χ0) is 20.9. The molecule has 0 radical (unpaired) electrons. The predicted octanol–water partition coefficient (Wildman–Crippen LogP) is 3.01. The molecule has 10 heteroatoms. The maximum atomic E-state index is 14.4. The molecule has 1 saturated heterocycles. The highest BCUT2D eigenvalue weighted by molar-refractivity contribution is 14.1. The highest BCUT2D eigenvalue weighted by atomic mass is 127. The number of nitrogens with two attached hydrogens (primary N) is 1. The second-order valence-corrected chi connectivity index (χ2v) is 8.82. The van der Waals surface area contributed by atoms with Gasteiger partial charge in [0.05, 0.1) is 30.0 Å². The number of aliphatic hydroxyl groups is 1. The van der Waals surface area contributed by atoms with Crippen molar-refractivity contribution in [2.24, 2.45) is 5.73 Å². The Kier molecular flexibility index (Phi) is 5.18. The highest BCUT2D eigenvalue weighted by Crippen LogP contribution is 2.36. The molecule has 152 valence electrons. The number of pyridine rings is 1. The molecular weight excluding hydrogens is 512 g/mol. The zero-order valence-electron chi connectivity index (χ0n) is 15.4. The van der Waals surface area contributed by atoms with Crippen LogP contribution in [0.25, 0.3) is 5.65 Å². The Morgan fingerprint density at radius 3 is 2.86 bits per heavy atom. The number of hydrogen-bond acceptors (Lipinski definition) is 5. The molecule has 1 unspecified atom stereocenters. The van der Waals surface area contributed by atoms with Crippen LogP contribution in [0.15, 0.2) is 36.8 Å². The number of fused-ring (bicyclic) bond motifs is 1. The van der Waals surface area contributed by atoms with Crippen LogP contribution in [-0.4, -0.2) is 50.0 Å². The maximum Gasteiger partial charge on any atom is 0.257 e. The third-order valence-electron chi connectivity index (χ3n) is 5.11. The Morgan fingerprint density at radius 1 is 1.48 bits per heavy atom. The van der Waals surface area contributed by atoms with Crippen LogP contribution in [0.1, 0.15) is 17.3 Å². The largest absolute Gasteiger partial charge is 0.385 e. The van der Waals surface area contributed by atoms with E-state index in [1.165, 1.54) is 11.0 Å². The van der Waals surface area contributed by atoms with Gasteiger partial charge >= 0.3 is 0 Å². The standard InChI is InChI=1S/C19H18ClFIN5O2/c1-10(23)19(29)8-27(9-19)18(28)12-7-26-5-4-24-17(26)15(20)16(12)25-14-3-2-11(22)6-13(14)21/h2-7,10,25,29H,8-9,23H2,1H3. The number of amides is 1. The lowest BCUT2D eigenvalue weighted by atomic mass is 9.87. The van der Waals surface area contributed by atoms with Crippen LogP contribution in [-0.2, 0) is 0 Å². The fourth-order valence-corrected chi connectivity index (χ4v) is 4.00. The minimum Gasteiger partial charge on any atom is -0.385 e. The lowest BCUT2D eigenvalue weighted by Gasteiger charge is -2.48. The average Bonchev–Trinajstić information content (AvgIpc) is 3.11. The van der Waals surface area contributed by atoms with E-state index in [0.717, 1.165) is 3.57 Å². The van der Waals surface area contributed by atoms with Crippen molar-refractivity contribution in [2.45, 2.75) is 18.6 Å². The summed E-state index contributed by atoms with van der Waals surface area (Å²) in [5.74, 6) is -0.814. The topological polar surface area (TPSA) is 95.9 Å². The molecule has 0 saturated carbocycles. The Balaban J connectivity index is 1.75. The minimum atomic E-state index is -1.12. The van der Waals surface area contributed by atoms with Crippen LogP contribution in [0.2, 0.25) is 5.02 Å². The van der Waals surface area contributed by atoms with Crippen molar-refractivity contribution < 1.29 is 14.3 Å². The Morgan fingerprint density at radius 2 is 2.21 bits per heavy atom. The number of likely N-dealkylation sites (tertiary alicyclic amines) is 1. The number of aromatic nitrogens is 2. The molecule has 3 aromatic rings. The van der Waals surface area contributed by atoms with Crippen LogP contribution < -0.4 is 11.1 Å². The summed E-state index contributed by atoms with van der Waals surface area (Å²) in [4.78, 5) is 18.8. The van der Waals surface area contributed by atoms with Gasteiger partial charge in [0.2, 0.25) is 0 Å². The van der Waals surface area contributed by atoms with Crippen molar-refractivity contribution >= 4 is 57.1 Å². The van der Waals surface area contributed by atoms with Crippen LogP contribution in [0.3, 0.4) is 0 Å². The first-order valence-corrected chi connectivity index (χ1v) is 10.3. The van der Waals surface area contributed by atoms with Crippen LogP contribution >= 0.6 is 34.2 Å². The molecule has 4 rings (SSSR count). The molecule has 1 atom stereocenters. The van der Waals surface area contributed by atoms with Crippen LogP contribution in [0.5, 0.6) is 0 Å². The van der Waals surface area contributed by atoms with E-state index in [0.29, 0.717) is 5.65 Å². The van der Waals surface area contributed by atoms with Gasteiger partial charge in [0.25, 0.3) is 5.91 Å². The third kappa shape index (κ3) is 3.56. The molecule has 0 bridgehead atoms. The lowest BCUT2D eigenvalue weighted by molar-refractivity contribution is -0.0931. The van der Waals surface area contributed by atoms with Gasteiger partial charge in [-0.3, -0.25) is 4.79 Å². The van der Waals surface area contributed by atoms with Crippen molar-refractivity contribution in [3.05, 3.63) is 56.8 Å². The maximum absolute atomic E-state index is 14.4. The summed E-state index contributed by atoms with van der Waals surface area (Å²) in [5, 5.41) is 13.5. The van der Waals surface area contributed by atoms with Gasteiger partial charge in [-0.2, -0.15) is 0 Å². The molecule has 3 heterocycles. The molecule has 0 spiro atoms.